The van der Waals surface area contributed by atoms with Crippen molar-refractivity contribution >= 4 is 16.8 Å². The normalized spacial score (nSPS) is 26.9. The molecule has 0 spiro atoms. The molecule has 0 radical (unpaired) electrons. The maximum Gasteiger partial charge on any atom is 0.292 e. The highest BCUT2D eigenvalue weighted by atomic mass is 16.4. The number of hydrogen-bond acceptors (Lipinski definition) is 5. The highest BCUT2D eigenvalue weighted by Crippen LogP contribution is 2.42. The van der Waals surface area contributed by atoms with E-state index in [0.29, 0.717) is 36.7 Å². The third-order valence-corrected chi connectivity index (χ3v) is 6.22. The van der Waals surface area contributed by atoms with Gasteiger partial charge in [0.25, 0.3) is 5.91 Å². The first-order chi connectivity index (χ1) is 13.4. The van der Waals surface area contributed by atoms with Gasteiger partial charge in [-0.25, -0.2) is 4.98 Å². The summed E-state index contributed by atoms with van der Waals surface area (Å²) < 4.78 is 7.64. The van der Waals surface area contributed by atoms with E-state index >= 15 is 0 Å². The summed E-state index contributed by atoms with van der Waals surface area (Å²) in [5.41, 5.74) is 0.820. The quantitative estimate of drug-likeness (QED) is 0.755. The lowest BCUT2D eigenvalue weighted by Crippen LogP contribution is -2.54. The molecule has 1 N–H and O–H groups in total. The highest BCUT2D eigenvalue weighted by Gasteiger charge is 2.50. The number of nitrogens with zero attached hydrogens (tertiary/aromatic N) is 4. The molecule has 146 valence electrons. The van der Waals surface area contributed by atoms with Gasteiger partial charge in [0, 0.05) is 36.8 Å². The largest absolute Gasteiger partial charge is 0.436 e. The summed E-state index contributed by atoms with van der Waals surface area (Å²) in [5.74, 6) is 0.750. The Labute approximate surface area is 163 Å². The van der Waals surface area contributed by atoms with Gasteiger partial charge in [0.05, 0.1) is 29.6 Å². The van der Waals surface area contributed by atoms with Crippen molar-refractivity contribution in [2.75, 3.05) is 0 Å². The van der Waals surface area contributed by atoms with Gasteiger partial charge in [-0.05, 0) is 44.7 Å². The summed E-state index contributed by atoms with van der Waals surface area (Å²) >= 11 is 0. The molecule has 3 aromatic rings. The molecule has 2 saturated heterocycles. The number of aryl methyl sites for hydroxylation is 2. The predicted molar refractivity (Wildman–Crippen MR) is 103 cm³/mol. The number of amides is 1. The second kappa shape index (κ2) is 6.17. The molecule has 0 saturated carbocycles. The van der Waals surface area contributed by atoms with Crippen molar-refractivity contribution < 1.29 is 14.3 Å². The van der Waals surface area contributed by atoms with Crippen molar-refractivity contribution in [3.63, 3.8) is 0 Å². The van der Waals surface area contributed by atoms with E-state index in [1.807, 2.05) is 29.4 Å². The smallest absolute Gasteiger partial charge is 0.292 e. The van der Waals surface area contributed by atoms with Crippen LogP contribution in [0.1, 0.15) is 47.8 Å². The molecular weight excluding hydrogens is 356 g/mol. The first kappa shape index (κ1) is 17.4. The predicted octanol–water partition coefficient (Wildman–Crippen LogP) is 2.84. The fourth-order valence-corrected chi connectivity index (χ4v) is 5.11. The van der Waals surface area contributed by atoms with Crippen LogP contribution >= 0.6 is 0 Å². The minimum Gasteiger partial charge on any atom is -0.436 e. The van der Waals surface area contributed by atoms with Crippen molar-refractivity contribution in [3.05, 3.63) is 48.1 Å². The lowest BCUT2D eigenvalue weighted by atomic mass is 9.85. The number of pyridine rings is 1. The van der Waals surface area contributed by atoms with Crippen molar-refractivity contribution in [2.24, 2.45) is 0 Å². The Kier molecular flexibility index (Phi) is 3.84. The number of rotatable bonds is 3. The van der Waals surface area contributed by atoms with Crippen LogP contribution in [-0.4, -0.2) is 48.1 Å². The molecular formula is C21H24N4O3. The van der Waals surface area contributed by atoms with E-state index in [-0.39, 0.29) is 18.0 Å². The van der Waals surface area contributed by atoms with Crippen LogP contribution in [0.15, 0.2) is 35.1 Å². The Morgan fingerprint density at radius 3 is 2.71 bits per heavy atom. The van der Waals surface area contributed by atoms with E-state index in [4.69, 9.17) is 4.42 Å². The summed E-state index contributed by atoms with van der Waals surface area (Å²) in [6.07, 6.45) is 8.59. The Morgan fingerprint density at radius 1 is 1.29 bits per heavy atom. The van der Waals surface area contributed by atoms with Crippen LogP contribution in [0.25, 0.3) is 10.9 Å². The van der Waals surface area contributed by atoms with Gasteiger partial charge in [0.1, 0.15) is 0 Å². The first-order valence-electron chi connectivity index (χ1n) is 9.81. The van der Waals surface area contributed by atoms with E-state index in [0.717, 1.165) is 23.7 Å². The van der Waals surface area contributed by atoms with Gasteiger partial charge < -0.3 is 19.0 Å². The molecule has 0 aliphatic carbocycles. The average molecular weight is 380 g/mol. The van der Waals surface area contributed by atoms with Crippen LogP contribution in [0.3, 0.4) is 0 Å². The Bertz CT molecular complexity index is 1040. The Hall–Kier alpha value is -2.67. The number of hydrogen-bond donors (Lipinski definition) is 1. The van der Waals surface area contributed by atoms with E-state index in [1.165, 1.54) is 0 Å². The van der Waals surface area contributed by atoms with E-state index in [1.54, 1.807) is 20.0 Å². The van der Waals surface area contributed by atoms with Crippen molar-refractivity contribution in [3.8, 4) is 0 Å². The molecule has 1 amide bonds. The molecule has 0 aromatic carbocycles. The summed E-state index contributed by atoms with van der Waals surface area (Å²) in [6.45, 7) is 4.07. The molecule has 7 nitrogen and oxygen atoms in total. The minimum absolute atomic E-state index is 0.0287. The van der Waals surface area contributed by atoms with Gasteiger partial charge in [-0.15, -0.1) is 0 Å². The van der Waals surface area contributed by atoms with Gasteiger partial charge in [-0.2, -0.15) is 0 Å². The second-order valence-corrected chi connectivity index (χ2v) is 8.26. The zero-order valence-corrected chi connectivity index (χ0v) is 16.1. The lowest BCUT2D eigenvalue weighted by Gasteiger charge is -2.43. The van der Waals surface area contributed by atoms with Crippen LogP contribution in [0, 0.1) is 13.8 Å². The molecule has 5 rings (SSSR count). The van der Waals surface area contributed by atoms with Crippen LogP contribution in [0.4, 0.5) is 0 Å². The summed E-state index contributed by atoms with van der Waals surface area (Å²) in [4.78, 5) is 23.5. The third kappa shape index (κ3) is 2.73. The first-order valence-corrected chi connectivity index (χ1v) is 9.81. The maximum absolute atomic E-state index is 13.1. The molecule has 2 bridgehead atoms. The molecule has 5 heterocycles. The molecule has 2 aliphatic heterocycles. The molecule has 2 aliphatic rings. The van der Waals surface area contributed by atoms with Crippen LogP contribution in [0.5, 0.6) is 0 Å². The number of carbonyl (C=O) groups excluding carboxylic acids is 1. The monoisotopic (exact) mass is 380 g/mol. The molecule has 3 aromatic heterocycles. The molecule has 7 heteroatoms. The molecule has 2 fully saturated rings. The molecule has 2 atom stereocenters. The fraction of sp³-hybridized carbons (Fsp3) is 0.476. The maximum atomic E-state index is 13.1. The van der Waals surface area contributed by atoms with E-state index < -0.39 is 5.60 Å². The number of fused-ring (bicyclic) bond motifs is 3. The standard InChI is InChI=1S/C21H24N4O3/c1-13-19(28-14(2)23-13)20(26)25-16-3-4-17(25)10-21(27,9-16)12-24-8-6-15-5-7-22-11-18(15)24/h5-8,11,16-17,27H,3-4,9-10,12H2,1-2H3/t16-,17-/m0/s1. The molecule has 0 unspecified atom stereocenters. The number of aliphatic hydroxyl groups is 1. The fourth-order valence-electron chi connectivity index (χ4n) is 5.11. The van der Waals surface area contributed by atoms with Crippen molar-refractivity contribution in [1.82, 2.24) is 19.4 Å². The van der Waals surface area contributed by atoms with Gasteiger partial charge in [-0.3, -0.25) is 9.78 Å². The van der Waals surface area contributed by atoms with Crippen LogP contribution < -0.4 is 0 Å². The summed E-state index contributed by atoms with van der Waals surface area (Å²) in [6, 6.07) is 4.08. The third-order valence-electron chi connectivity index (χ3n) is 6.22. The van der Waals surface area contributed by atoms with E-state index in [9.17, 15) is 9.90 Å². The lowest BCUT2D eigenvalue weighted by molar-refractivity contribution is -0.0539. The minimum atomic E-state index is -0.837. The molecule has 28 heavy (non-hydrogen) atoms. The zero-order chi connectivity index (χ0) is 19.5. The number of carbonyl (C=O) groups is 1. The topological polar surface area (TPSA) is 84.4 Å². The highest BCUT2D eigenvalue weighted by molar-refractivity contribution is 5.93. The Balaban J connectivity index is 1.39. The van der Waals surface area contributed by atoms with Crippen molar-refractivity contribution in [1.29, 1.82) is 0 Å². The number of oxazole rings is 1. The van der Waals surface area contributed by atoms with Gasteiger partial charge in [0.15, 0.2) is 5.89 Å². The summed E-state index contributed by atoms with van der Waals surface area (Å²) in [7, 11) is 0. The van der Waals surface area contributed by atoms with Crippen LogP contribution in [-0.2, 0) is 6.54 Å². The number of piperidine rings is 1. The van der Waals surface area contributed by atoms with Crippen LogP contribution in [0.2, 0.25) is 0 Å². The van der Waals surface area contributed by atoms with Gasteiger partial charge in [-0.1, -0.05) is 0 Å². The van der Waals surface area contributed by atoms with Gasteiger partial charge >= 0.3 is 0 Å². The Morgan fingerprint density at radius 2 is 2.04 bits per heavy atom. The van der Waals surface area contributed by atoms with Gasteiger partial charge in [0.2, 0.25) is 5.76 Å². The number of aromatic nitrogens is 3. The SMILES string of the molecule is Cc1nc(C)c(C(=O)N2[C@H]3CC[C@H]2CC(O)(Cn2ccc4ccncc42)C3)o1. The van der Waals surface area contributed by atoms with Crippen molar-refractivity contribution in [2.45, 2.75) is 63.8 Å². The summed E-state index contributed by atoms with van der Waals surface area (Å²) in [5, 5.41) is 12.5. The average Bonchev–Trinajstić information content (AvgIpc) is 3.29. The second-order valence-electron chi connectivity index (χ2n) is 8.26. The van der Waals surface area contributed by atoms with E-state index in [2.05, 4.69) is 14.5 Å². The zero-order valence-electron chi connectivity index (χ0n) is 16.1.